The number of carbonyl (C=O) groups excluding carboxylic acids is 1. The topological polar surface area (TPSA) is 67.6 Å². The van der Waals surface area contributed by atoms with Crippen LogP contribution in [0.15, 0.2) is 10.7 Å². The molecule has 0 spiro atoms. The maximum absolute atomic E-state index is 11.5. The second-order valence-corrected chi connectivity index (χ2v) is 5.06. The van der Waals surface area contributed by atoms with Gasteiger partial charge in [0.15, 0.2) is 5.69 Å². The first kappa shape index (κ1) is 14.8. The molecule has 0 amide bonds. The lowest BCUT2D eigenvalue weighted by Crippen LogP contribution is -2.34. The lowest BCUT2D eigenvalue weighted by Gasteiger charge is -2.30. The lowest BCUT2D eigenvalue weighted by atomic mass is 9.94. The Hall–Kier alpha value is -1.56. The van der Waals surface area contributed by atoms with E-state index in [1.54, 1.807) is 6.92 Å². The molecular formula is C14H23N3O3. The molecule has 20 heavy (non-hydrogen) atoms. The van der Waals surface area contributed by atoms with Gasteiger partial charge in [-0.15, -0.1) is 0 Å². The van der Waals surface area contributed by atoms with E-state index in [1.165, 1.54) is 12.7 Å². The second-order valence-electron chi connectivity index (χ2n) is 5.06. The fourth-order valence-corrected chi connectivity index (χ4v) is 2.47. The third kappa shape index (κ3) is 3.72. The Morgan fingerprint density at radius 1 is 1.55 bits per heavy atom. The van der Waals surface area contributed by atoms with Gasteiger partial charge in [-0.25, -0.2) is 4.79 Å². The van der Waals surface area contributed by atoms with Crippen molar-refractivity contribution < 1.29 is 13.9 Å². The van der Waals surface area contributed by atoms with Crippen molar-refractivity contribution in [3.63, 3.8) is 0 Å². The molecule has 0 radical (unpaired) electrons. The molecule has 6 nitrogen and oxygen atoms in total. The van der Waals surface area contributed by atoms with Gasteiger partial charge in [-0.3, -0.25) is 0 Å². The molecule has 0 unspecified atom stereocenters. The van der Waals surface area contributed by atoms with Crippen molar-refractivity contribution in [1.82, 2.24) is 10.3 Å². The van der Waals surface area contributed by atoms with E-state index in [0.717, 1.165) is 38.4 Å². The first-order valence-electron chi connectivity index (χ1n) is 7.26. The van der Waals surface area contributed by atoms with Crippen LogP contribution in [0.3, 0.4) is 0 Å². The highest BCUT2D eigenvalue weighted by atomic mass is 16.5. The Kier molecular flexibility index (Phi) is 5.40. The van der Waals surface area contributed by atoms with Crippen LogP contribution in [0.1, 0.15) is 36.7 Å². The summed E-state index contributed by atoms with van der Waals surface area (Å²) in [5, 5.41) is 3.19. The third-order valence-electron chi connectivity index (χ3n) is 3.66. The van der Waals surface area contributed by atoms with E-state index >= 15 is 0 Å². The number of aromatic nitrogens is 1. The number of rotatable bonds is 6. The highest BCUT2D eigenvalue weighted by molar-refractivity contribution is 5.87. The molecule has 112 valence electrons. The van der Waals surface area contributed by atoms with E-state index < -0.39 is 5.97 Å². The van der Waals surface area contributed by atoms with Gasteiger partial charge in [0.05, 0.1) is 6.61 Å². The molecule has 0 atom stereocenters. The van der Waals surface area contributed by atoms with Gasteiger partial charge in [0, 0.05) is 13.1 Å². The van der Waals surface area contributed by atoms with Crippen molar-refractivity contribution in [1.29, 1.82) is 0 Å². The van der Waals surface area contributed by atoms with Gasteiger partial charge in [0.1, 0.15) is 6.26 Å². The fourth-order valence-electron chi connectivity index (χ4n) is 2.47. The number of anilines is 1. The minimum Gasteiger partial charge on any atom is -0.461 e. The number of nitrogens with zero attached hydrogens (tertiary/aromatic N) is 2. The van der Waals surface area contributed by atoms with Gasteiger partial charge in [-0.05, 0) is 45.7 Å². The monoisotopic (exact) mass is 281 g/mol. The van der Waals surface area contributed by atoms with Crippen molar-refractivity contribution in [3.8, 4) is 0 Å². The molecule has 1 fully saturated rings. The zero-order valence-electron chi connectivity index (χ0n) is 12.2. The maximum Gasteiger partial charge on any atom is 0.360 e. The second kappa shape index (κ2) is 7.28. The molecule has 0 aromatic carbocycles. The number of hydrogen-bond acceptors (Lipinski definition) is 6. The molecule has 1 aromatic heterocycles. The lowest BCUT2D eigenvalue weighted by molar-refractivity contribution is 0.0519. The van der Waals surface area contributed by atoms with Crippen molar-refractivity contribution in [3.05, 3.63) is 12.0 Å². The van der Waals surface area contributed by atoms with Gasteiger partial charge in [0.2, 0.25) is 0 Å². The maximum atomic E-state index is 11.5. The fraction of sp³-hybridized carbons (Fsp3) is 0.714. The molecule has 1 saturated heterocycles. The van der Waals surface area contributed by atoms with Gasteiger partial charge in [0.25, 0.3) is 6.01 Å². The molecule has 0 aliphatic carbocycles. The van der Waals surface area contributed by atoms with E-state index in [4.69, 9.17) is 9.15 Å². The predicted molar refractivity (Wildman–Crippen MR) is 75.9 cm³/mol. The number of hydrogen-bond donors (Lipinski definition) is 1. The first-order chi connectivity index (χ1) is 9.74. The normalized spacial score (nSPS) is 16.4. The minimum absolute atomic E-state index is 0.249. The van der Waals surface area contributed by atoms with E-state index in [9.17, 15) is 4.79 Å². The molecule has 0 bridgehead atoms. The molecule has 1 aromatic rings. The van der Waals surface area contributed by atoms with E-state index in [2.05, 4.69) is 15.2 Å². The van der Waals surface area contributed by atoms with Crippen LogP contribution < -0.4 is 10.2 Å². The van der Waals surface area contributed by atoms with E-state index in [-0.39, 0.29) is 5.69 Å². The summed E-state index contributed by atoms with van der Waals surface area (Å²) in [7, 11) is 1.98. The summed E-state index contributed by atoms with van der Waals surface area (Å²) in [5.41, 5.74) is 0.249. The van der Waals surface area contributed by atoms with Crippen LogP contribution >= 0.6 is 0 Å². The van der Waals surface area contributed by atoms with Crippen molar-refractivity contribution >= 4 is 12.0 Å². The van der Waals surface area contributed by atoms with Gasteiger partial charge in [-0.2, -0.15) is 4.98 Å². The van der Waals surface area contributed by atoms with Crippen LogP contribution in [0.25, 0.3) is 0 Å². The SMILES string of the molecule is CCOC(=O)c1coc(N2CCC(CCNC)CC2)n1. The van der Waals surface area contributed by atoms with Crippen LogP contribution in [-0.4, -0.2) is 44.2 Å². The first-order valence-corrected chi connectivity index (χ1v) is 7.26. The number of nitrogens with one attached hydrogen (secondary N) is 1. The van der Waals surface area contributed by atoms with Crippen molar-refractivity contribution in [2.45, 2.75) is 26.2 Å². The molecular weight excluding hydrogens is 258 g/mol. The number of ether oxygens (including phenoxy) is 1. The summed E-state index contributed by atoms with van der Waals surface area (Å²) in [5.74, 6) is 0.338. The van der Waals surface area contributed by atoms with Crippen LogP contribution in [0.4, 0.5) is 6.01 Å². The average Bonchev–Trinajstić information content (AvgIpc) is 2.96. The van der Waals surface area contributed by atoms with Gasteiger partial charge in [-0.1, -0.05) is 0 Å². The Balaban J connectivity index is 1.86. The molecule has 2 rings (SSSR count). The van der Waals surface area contributed by atoms with Crippen LogP contribution in [-0.2, 0) is 4.74 Å². The Morgan fingerprint density at radius 2 is 2.30 bits per heavy atom. The van der Waals surface area contributed by atoms with Crippen molar-refractivity contribution in [2.24, 2.45) is 5.92 Å². The summed E-state index contributed by atoms with van der Waals surface area (Å²) < 4.78 is 10.3. The molecule has 2 heterocycles. The summed E-state index contributed by atoms with van der Waals surface area (Å²) in [6, 6.07) is 0.528. The largest absolute Gasteiger partial charge is 0.461 e. The highest BCUT2D eigenvalue weighted by Gasteiger charge is 2.23. The quantitative estimate of drug-likeness (QED) is 0.800. The molecule has 6 heteroatoms. The Morgan fingerprint density at radius 3 is 2.95 bits per heavy atom. The zero-order valence-corrected chi connectivity index (χ0v) is 12.2. The van der Waals surface area contributed by atoms with Crippen LogP contribution in [0.5, 0.6) is 0 Å². The van der Waals surface area contributed by atoms with Crippen LogP contribution in [0.2, 0.25) is 0 Å². The zero-order chi connectivity index (χ0) is 14.4. The van der Waals surface area contributed by atoms with E-state index in [0.29, 0.717) is 12.6 Å². The number of esters is 1. The molecule has 0 saturated carbocycles. The summed E-state index contributed by atoms with van der Waals surface area (Å²) >= 11 is 0. The summed E-state index contributed by atoms with van der Waals surface area (Å²) in [6.07, 6.45) is 4.86. The predicted octanol–water partition coefficient (Wildman–Crippen LogP) is 1.68. The standard InChI is InChI=1S/C14H23N3O3/c1-3-19-13(18)12-10-20-14(16-12)17-8-5-11(6-9-17)4-7-15-2/h10-11,15H,3-9H2,1-2H3. The Labute approximate surface area is 119 Å². The van der Waals surface area contributed by atoms with Crippen molar-refractivity contribution in [2.75, 3.05) is 38.2 Å². The van der Waals surface area contributed by atoms with Gasteiger partial charge < -0.3 is 19.4 Å². The highest BCUT2D eigenvalue weighted by Crippen LogP contribution is 2.24. The van der Waals surface area contributed by atoms with Gasteiger partial charge >= 0.3 is 5.97 Å². The number of carbonyl (C=O) groups is 1. The minimum atomic E-state index is -0.425. The summed E-state index contributed by atoms with van der Waals surface area (Å²) in [4.78, 5) is 17.8. The van der Waals surface area contributed by atoms with Crippen LogP contribution in [0, 0.1) is 5.92 Å². The average molecular weight is 281 g/mol. The number of oxazole rings is 1. The molecule has 1 aliphatic rings. The summed E-state index contributed by atoms with van der Waals surface area (Å²) in [6.45, 7) is 5.04. The molecule has 1 aliphatic heterocycles. The third-order valence-corrected chi connectivity index (χ3v) is 3.66. The van der Waals surface area contributed by atoms with E-state index in [1.807, 2.05) is 7.05 Å². The Bertz CT molecular complexity index is 425. The molecule has 1 N–H and O–H groups in total. The smallest absolute Gasteiger partial charge is 0.360 e. The number of piperidine rings is 1.